The van der Waals surface area contributed by atoms with Crippen molar-refractivity contribution in [2.75, 3.05) is 12.9 Å². The van der Waals surface area contributed by atoms with Crippen molar-refractivity contribution in [3.8, 4) is 17.5 Å². The van der Waals surface area contributed by atoms with Crippen molar-refractivity contribution in [1.82, 2.24) is 9.55 Å². The maximum absolute atomic E-state index is 8.54. The molecule has 0 spiro atoms. The van der Waals surface area contributed by atoms with Gasteiger partial charge in [0, 0.05) is 30.6 Å². The van der Waals surface area contributed by atoms with E-state index in [9.17, 15) is 0 Å². The van der Waals surface area contributed by atoms with Crippen LogP contribution in [0.1, 0.15) is 6.42 Å². The van der Waals surface area contributed by atoms with E-state index in [-0.39, 0.29) is 0 Å². The van der Waals surface area contributed by atoms with Gasteiger partial charge in [-0.2, -0.15) is 5.26 Å². The van der Waals surface area contributed by atoms with Gasteiger partial charge in [0.2, 0.25) is 0 Å². The van der Waals surface area contributed by atoms with E-state index in [0.717, 1.165) is 22.3 Å². The lowest BCUT2D eigenvalue weighted by molar-refractivity contribution is 0.414. The van der Waals surface area contributed by atoms with Gasteiger partial charge in [0.05, 0.1) is 18.9 Å². The zero-order chi connectivity index (χ0) is 12.8. The quantitative estimate of drug-likeness (QED) is 0.612. The number of nitriles is 1. The summed E-state index contributed by atoms with van der Waals surface area (Å²) in [5, 5.41) is 9.43. The number of thioether (sulfide) groups is 1. The normalized spacial score (nSPS) is 10.0. The van der Waals surface area contributed by atoms with Gasteiger partial charge in [0.1, 0.15) is 5.75 Å². The number of aromatic nitrogens is 2. The van der Waals surface area contributed by atoms with Gasteiger partial charge >= 0.3 is 0 Å². The average Bonchev–Trinajstić information content (AvgIpc) is 2.87. The van der Waals surface area contributed by atoms with E-state index in [1.807, 2.05) is 35.0 Å². The number of hydrogen-bond acceptors (Lipinski definition) is 4. The number of rotatable bonds is 5. The third-order valence-electron chi connectivity index (χ3n) is 2.38. The topological polar surface area (TPSA) is 50.8 Å². The molecule has 0 aliphatic rings. The molecule has 0 aliphatic carbocycles. The Morgan fingerprint density at radius 1 is 1.50 bits per heavy atom. The third kappa shape index (κ3) is 2.84. The number of hydrogen-bond donors (Lipinski definition) is 0. The molecule has 0 amide bonds. The zero-order valence-electron chi connectivity index (χ0n) is 10.0. The fraction of sp³-hybridized carbons (Fsp3) is 0.231. The second-order valence-electron chi connectivity index (χ2n) is 3.54. The van der Waals surface area contributed by atoms with Gasteiger partial charge in [0.15, 0.2) is 5.16 Å². The summed E-state index contributed by atoms with van der Waals surface area (Å²) in [6.45, 7) is 0. The molecule has 0 bridgehead atoms. The van der Waals surface area contributed by atoms with Gasteiger partial charge in [-0.15, -0.1) is 0 Å². The van der Waals surface area contributed by atoms with E-state index in [0.29, 0.717) is 6.42 Å². The van der Waals surface area contributed by atoms with E-state index in [1.54, 1.807) is 25.1 Å². The number of benzene rings is 1. The highest BCUT2D eigenvalue weighted by Crippen LogP contribution is 2.23. The summed E-state index contributed by atoms with van der Waals surface area (Å²) in [5.74, 6) is 1.56. The molecule has 0 saturated carbocycles. The van der Waals surface area contributed by atoms with Crippen LogP contribution in [0.25, 0.3) is 5.69 Å². The van der Waals surface area contributed by atoms with Crippen molar-refractivity contribution in [3.63, 3.8) is 0 Å². The van der Waals surface area contributed by atoms with Crippen LogP contribution < -0.4 is 4.74 Å². The number of methoxy groups -OCH3 is 1. The van der Waals surface area contributed by atoms with Crippen molar-refractivity contribution >= 4 is 11.8 Å². The van der Waals surface area contributed by atoms with E-state index in [4.69, 9.17) is 10.00 Å². The minimum atomic E-state index is 0.523. The van der Waals surface area contributed by atoms with Crippen LogP contribution in [0.4, 0.5) is 0 Å². The fourth-order valence-corrected chi connectivity index (χ4v) is 2.36. The SMILES string of the molecule is COc1cccc(-n2ccnc2SCCC#N)c1. The molecule has 0 aliphatic heterocycles. The second-order valence-corrected chi connectivity index (χ2v) is 4.60. The first-order chi connectivity index (χ1) is 8.85. The van der Waals surface area contributed by atoms with Gasteiger partial charge in [-0.25, -0.2) is 4.98 Å². The average molecular weight is 259 g/mol. The molecule has 1 aromatic carbocycles. The summed E-state index contributed by atoms with van der Waals surface area (Å²) in [4.78, 5) is 4.30. The van der Waals surface area contributed by atoms with Gasteiger partial charge in [0.25, 0.3) is 0 Å². The molecule has 0 saturated heterocycles. The first kappa shape index (κ1) is 12.5. The standard InChI is InChI=1S/C13H13N3OS/c1-17-12-5-2-4-11(10-12)16-8-7-15-13(16)18-9-3-6-14/h2,4-5,7-8,10H,3,9H2,1H3. The highest BCUT2D eigenvalue weighted by atomic mass is 32.2. The number of ether oxygens (including phenoxy) is 1. The van der Waals surface area contributed by atoms with Crippen molar-refractivity contribution < 1.29 is 4.74 Å². The molecule has 2 aromatic rings. The van der Waals surface area contributed by atoms with Crippen molar-refractivity contribution in [2.45, 2.75) is 11.6 Å². The van der Waals surface area contributed by atoms with E-state index >= 15 is 0 Å². The summed E-state index contributed by atoms with van der Waals surface area (Å²) in [6, 6.07) is 9.93. The number of nitrogens with zero attached hydrogens (tertiary/aromatic N) is 3. The Labute approximate surface area is 110 Å². The fourth-order valence-electron chi connectivity index (χ4n) is 1.54. The summed E-state index contributed by atoms with van der Waals surface area (Å²) in [5.41, 5.74) is 1.01. The summed E-state index contributed by atoms with van der Waals surface area (Å²) in [7, 11) is 1.65. The lowest BCUT2D eigenvalue weighted by atomic mass is 10.3. The molecule has 1 heterocycles. The molecule has 2 rings (SSSR count). The van der Waals surface area contributed by atoms with Crippen molar-refractivity contribution in [3.05, 3.63) is 36.7 Å². The molecule has 0 atom stereocenters. The van der Waals surface area contributed by atoms with Gasteiger partial charge in [-0.1, -0.05) is 17.8 Å². The molecular weight excluding hydrogens is 246 g/mol. The maximum atomic E-state index is 8.54. The molecule has 1 aromatic heterocycles. The van der Waals surface area contributed by atoms with Crippen molar-refractivity contribution in [2.24, 2.45) is 0 Å². The maximum Gasteiger partial charge on any atom is 0.172 e. The molecular formula is C13H13N3OS. The Morgan fingerprint density at radius 3 is 3.17 bits per heavy atom. The van der Waals surface area contributed by atoms with Gasteiger partial charge in [-0.05, 0) is 12.1 Å². The Bertz CT molecular complexity index is 559. The van der Waals surface area contributed by atoms with E-state index in [2.05, 4.69) is 11.1 Å². The molecule has 5 heteroatoms. The van der Waals surface area contributed by atoms with Crippen LogP contribution in [0.5, 0.6) is 5.75 Å². The molecule has 0 unspecified atom stereocenters. The predicted molar refractivity (Wildman–Crippen MR) is 71.1 cm³/mol. The molecule has 92 valence electrons. The zero-order valence-corrected chi connectivity index (χ0v) is 10.9. The predicted octanol–water partition coefficient (Wildman–Crippen LogP) is 2.89. The first-order valence-electron chi connectivity index (χ1n) is 5.52. The van der Waals surface area contributed by atoms with Crippen LogP contribution in [-0.2, 0) is 0 Å². The van der Waals surface area contributed by atoms with Crippen LogP contribution in [0, 0.1) is 11.3 Å². The largest absolute Gasteiger partial charge is 0.497 e. The monoisotopic (exact) mass is 259 g/mol. The molecule has 0 fully saturated rings. The molecule has 18 heavy (non-hydrogen) atoms. The minimum Gasteiger partial charge on any atom is -0.497 e. The Morgan fingerprint density at radius 2 is 2.39 bits per heavy atom. The minimum absolute atomic E-state index is 0.523. The van der Waals surface area contributed by atoms with Crippen LogP contribution >= 0.6 is 11.8 Å². The molecule has 4 nitrogen and oxygen atoms in total. The summed E-state index contributed by atoms with van der Waals surface area (Å²) >= 11 is 1.58. The van der Waals surface area contributed by atoms with Crippen LogP contribution in [0.15, 0.2) is 41.8 Å². The van der Waals surface area contributed by atoms with Gasteiger partial charge < -0.3 is 4.74 Å². The highest BCUT2D eigenvalue weighted by Gasteiger charge is 2.06. The smallest absolute Gasteiger partial charge is 0.172 e. The van der Waals surface area contributed by atoms with E-state index < -0.39 is 0 Å². The Balaban J connectivity index is 2.22. The van der Waals surface area contributed by atoms with Crippen LogP contribution in [-0.4, -0.2) is 22.4 Å². The first-order valence-corrected chi connectivity index (χ1v) is 6.51. The lowest BCUT2D eigenvalue weighted by Crippen LogP contribution is -1.96. The van der Waals surface area contributed by atoms with Crippen LogP contribution in [0.2, 0.25) is 0 Å². The molecule has 0 N–H and O–H groups in total. The lowest BCUT2D eigenvalue weighted by Gasteiger charge is -2.08. The Hall–Kier alpha value is -1.93. The number of imidazole rings is 1. The van der Waals surface area contributed by atoms with Gasteiger partial charge in [-0.3, -0.25) is 4.57 Å². The highest BCUT2D eigenvalue weighted by molar-refractivity contribution is 7.99. The summed E-state index contributed by atoms with van der Waals surface area (Å²) < 4.78 is 7.20. The van der Waals surface area contributed by atoms with Crippen LogP contribution in [0.3, 0.4) is 0 Å². The van der Waals surface area contributed by atoms with Crippen molar-refractivity contribution in [1.29, 1.82) is 5.26 Å². The second kappa shape index (κ2) is 6.12. The summed E-state index contributed by atoms with van der Waals surface area (Å²) in [6.07, 6.45) is 4.19. The Kier molecular flexibility index (Phi) is 4.26. The third-order valence-corrected chi connectivity index (χ3v) is 3.35. The molecule has 0 radical (unpaired) electrons. The van der Waals surface area contributed by atoms with E-state index in [1.165, 1.54) is 0 Å².